The van der Waals surface area contributed by atoms with Crippen molar-refractivity contribution in [3.63, 3.8) is 0 Å². The summed E-state index contributed by atoms with van der Waals surface area (Å²) in [7, 11) is 0. The normalized spacial score (nSPS) is 17.8. The van der Waals surface area contributed by atoms with Crippen LogP contribution in [0, 0.1) is 0 Å². The molecule has 0 spiro atoms. The fraction of sp³-hybridized carbons (Fsp3) is 0.172. The summed E-state index contributed by atoms with van der Waals surface area (Å²) in [4.78, 5) is 45.4. The third kappa shape index (κ3) is 4.87. The first-order chi connectivity index (χ1) is 19.4. The number of hydrogen-bond donors (Lipinski definition) is 3. The van der Waals surface area contributed by atoms with Crippen molar-refractivity contribution in [2.24, 2.45) is 0 Å². The van der Waals surface area contributed by atoms with Crippen molar-refractivity contribution >= 4 is 68.1 Å². The van der Waals surface area contributed by atoms with Crippen LogP contribution in [0.4, 0.5) is 21.9 Å². The second kappa shape index (κ2) is 10.6. The molecular formula is C29H24ClN5O4S. The number of urea groups is 1. The molecule has 4 amide bonds. The molecule has 0 saturated heterocycles. The van der Waals surface area contributed by atoms with Crippen molar-refractivity contribution in [1.82, 2.24) is 15.6 Å². The number of carbonyl (C=O) groups excluding carboxylic acids is 3. The molecule has 2 unspecified atom stereocenters. The van der Waals surface area contributed by atoms with Gasteiger partial charge in [0.2, 0.25) is 5.91 Å². The Kier molecular flexibility index (Phi) is 6.87. The third-order valence-corrected chi connectivity index (χ3v) is 8.29. The summed E-state index contributed by atoms with van der Waals surface area (Å²) in [5, 5.41) is 9.86. The van der Waals surface area contributed by atoms with Gasteiger partial charge in [0, 0.05) is 18.3 Å². The lowest BCUT2D eigenvalue weighted by Crippen LogP contribution is -2.37. The predicted octanol–water partition coefficient (Wildman–Crippen LogP) is 6.38. The highest BCUT2D eigenvalue weighted by Crippen LogP contribution is 2.46. The lowest BCUT2D eigenvalue weighted by molar-refractivity contribution is -0.117. The second-order valence-electron chi connectivity index (χ2n) is 9.50. The van der Waals surface area contributed by atoms with Gasteiger partial charge >= 0.3 is 6.03 Å². The van der Waals surface area contributed by atoms with Gasteiger partial charge in [0.25, 0.3) is 5.91 Å². The van der Waals surface area contributed by atoms with E-state index in [2.05, 4.69) is 27.5 Å². The maximum Gasteiger partial charge on any atom is 0.331 e. The van der Waals surface area contributed by atoms with Gasteiger partial charge in [-0.1, -0.05) is 36.4 Å². The number of pyridine rings is 1. The van der Waals surface area contributed by atoms with Crippen molar-refractivity contribution in [3.8, 4) is 11.5 Å². The first kappa shape index (κ1) is 25.8. The minimum Gasteiger partial charge on any atom is -0.456 e. The summed E-state index contributed by atoms with van der Waals surface area (Å²) in [6, 6.07) is 15.6. The Morgan fingerprint density at radius 3 is 2.65 bits per heavy atom. The summed E-state index contributed by atoms with van der Waals surface area (Å²) >= 11 is 7.77. The summed E-state index contributed by atoms with van der Waals surface area (Å²) in [6.07, 6.45) is 4.98. The molecule has 3 N–H and O–H groups in total. The van der Waals surface area contributed by atoms with Crippen LogP contribution >= 0.6 is 22.9 Å². The topological polar surface area (TPSA) is 113 Å². The number of anilines is 3. The van der Waals surface area contributed by atoms with Gasteiger partial charge in [-0.25, -0.2) is 9.78 Å². The monoisotopic (exact) mass is 573 g/mol. The molecule has 1 aliphatic heterocycles. The van der Waals surface area contributed by atoms with Crippen molar-refractivity contribution in [2.75, 3.05) is 10.2 Å². The average molecular weight is 574 g/mol. The maximum atomic E-state index is 13.4. The molecule has 3 heterocycles. The molecule has 202 valence electrons. The highest BCUT2D eigenvalue weighted by Gasteiger charge is 2.34. The lowest BCUT2D eigenvalue weighted by atomic mass is 10.1. The Morgan fingerprint density at radius 2 is 1.90 bits per heavy atom. The number of para-hydroxylation sites is 1. The van der Waals surface area contributed by atoms with E-state index in [0.717, 1.165) is 12.8 Å². The molecule has 0 radical (unpaired) electrons. The Labute approximate surface area is 238 Å². The quantitative estimate of drug-likeness (QED) is 0.222. The van der Waals surface area contributed by atoms with Gasteiger partial charge in [-0.15, -0.1) is 11.3 Å². The minimum absolute atomic E-state index is 0.0191. The summed E-state index contributed by atoms with van der Waals surface area (Å²) < 4.78 is 5.88. The molecular weight excluding hydrogens is 550 g/mol. The van der Waals surface area contributed by atoms with Crippen LogP contribution in [-0.2, 0) is 4.79 Å². The molecule has 2 aromatic heterocycles. The van der Waals surface area contributed by atoms with E-state index in [4.69, 9.17) is 16.3 Å². The lowest BCUT2D eigenvalue weighted by Gasteiger charge is -2.28. The van der Waals surface area contributed by atoms with Crippen molar-refractivity contribution in [3.05, 3.63) is 83.3 Å². The highest BCUT2D eigenvalue weighted by molar-refractivity contribution is 7.21. The molecule has 1 fully saturated rings. The van der Waals surface area contributed by atoms with E-state index < -0.39 is 6.03 Å². The van der Waals surface area contributed by atoms with Crippen molar-refractivity contribution in [1.29, 1.82) is 0 Å². The number of rotatable bonds is 7. The van der Waals surface area contributed by atoms with Gasteiger partial charge < -0.3 is 20.7 Å². The number of halogens is 1. The van der Waals surface area contributed by atoms with E-state index in [1.807, 2.05) is 30.3 Å². The first-order valence-corrected chi connectivity index (χ1v) is 13.9. The number of nitrogens with one attached hydrogen (secondary N) is 3. The van der Waals surface area contributed by atoms with E-state index >= 15 is 0 Å². The Balaban J connectivity index is 1.26. The number of thiophene rings is 1. The van der Waals surface area contributed by atoms with Gasteiger partial charge in [0.05, 0.1) is 27.5 Å². The van der Waals surface area contributed by atoms with E-state index in [0.29, 0.717) is 55.1 Å². The van der Waals surface area contributed by atoms with E-state index in [9.17, 15) is 14.4 Å². The van der Waals surface area contributed by atoms with Crippen LogP contribution in [0.5, 0.6) is 11.5 Å². The van der Waals surface area contributed by atoms with Gasteiger partial charge in [0.15, 0.2) is 0 Å². The zero-order valence-electron chi connectivity index (χ0n) is 21.1. The molecule has 1 saturated carbocycles. The average Bonchev–Trinajstić information content (AvgIpc) is 3.55. The molecule has 6 rings (SSSR count). The summed E-state index contributed by atoms with van der Waals surface area (Å²) in [6.45, 7) is 3.48. The number of carbonyl (C=O) groups is 3. The largest absolute Gasteiger partial charge is 0.456 e. The Bertz CT molecular complexity index is 1660. The van der Waals surface area contributed by atoms with E-state index in [1.54, 1.807) is 30.5 Å². The standard InChI is InChI=1S/C29H24ClN5O4S/c1-2-23(36)32-16-8-9-17(14-16)33-27(37)26-25-24-21(12-13-31-28(24)40-26)35(29(38)34-25)18-10-11-22(20(30)15-18)39-19-6-4-3-5-7-19/h2-7,10-13,15-17H,1,8-9,14H2,(H,32,36)(H,33,37)(H,34,38). The van der Waals surface area contributed by atoms with Crippen LogP contribution in [0.25, 0.3) is 10.2 Å². The Morgan fingerprint density at radius 1 is 1.12 bits per heavy atom. The van der Waals surface area contributed by atoms with Crippen LogP contribution in [-0.4, -0.2) is 34.9 Å². The number of nitrogens with zero attached hydrogens (tertiary/aromatic N) is 2. The van der Waals surface area contributed by atoms with E-state index in [-0.39, 0.29) is 23.9 Å². The molecule has 9 nitrogen and oxygen atoms in total. The molecule has 0 bridgehead atoms. The molecule has 2 aromatic carbocycles. The number of hydrogen-bond acceptors (Lipinski definition) is 6. The van der Waals surface area contributed by atoms with Crippen LogP contribution in [0.3, 0.4) is 0 Å². The van der Waals surface area contributed by atoms with Crippen LogP contribution in [0.2, 0.25) is 5.02 Å². The summed E-state index contributed by atoms with van der Waals surface area (Å²) in [5.41, 5.74) is 1.57. The fourth-order valence-corrected chi connectivity index (χ4v) is 6.32. The summed E-state index contributed by atoms with van der Waals surface area (Å²) in [5.74, 6) is 0.592. The maximum absolute atomic E-state index is 13.4. The molecule has 2 atom stereocenters. The fourth-order valence-electron chi connectivity index (χ4n) is 5.08. The van der Waals surface area contributed by atoms with Crippen LogP contribution in [0.1, 0.15) is 28.9 Å². The number of aromatic nitrogens is 1. The molecule has 11 heteroatoms. The van der Waals surface area contributed by atoms with Gasteiger partial charge in [-0.05, 0) is 61.7 Å². The molecule has 2 aliphatic rings. The number of benzene rings is 2. The van der Waals surface area contributed by atoms with Crippen LogP contribution in [0.15, 0.2) is 73.4 Å². The number of ether oxygens (including phenoxy) is 1. The van der Waals surface area contributed by atoms with Crippen LogP contribution < -0.4 is 25.6 Å². The third-order valence-electron chi connectivity index (χ3n) is 6.90. The van der Waals surface area contributed by atoms with Gasteiger partial charge in [-0.2, -0.15) is 0 Å². The predicted molar refractivity (Wildman–Crippen MR) is 156 cm³/mol. The Hall–Kier alpha value is -4.41. The molecule has 1 aliphatic carbocycles. The zero-order valence-corrected chi connectivity index (χ0v) is 22.7. The van der Waals surface area contributed by atoms with Crippen molar-refractivity contribution in [2.45, 2.75) is 31.3 Å². The number of amides is 4. The van der Waals surface area contributed by atoms with E-state index in [1.165, 1.54) is 22.3 Å². The second-order valence-corrected chi connectivity index (χ2v) is 10.9. The van der Waals surface area contributed by atoms with Gasteiger partial charge in [-0.3, -0.25) is 14.5 Å². The molecule has 40 heavy (non-hydrogen) atoms. The minimum atomic E-state index is -0.423. The van der Waals surface area contributed by atoms with Crippen molar-refractivity contribution < 1.29 is 19.1 Å². The smallest absolute Gasteiger partial charge is 0.331 e. The zero-order chi connectivity index (χ0) is 27.8. The highest BCUT2D eigenvalue weighted by atomic mass is 35.5. The molecule has 4 aromatic rings. The first-order valence-electron chi connectivity index (χ1n) is 12.7. The SMILES string of the molecule is C=CC(=O)NC1CCC(NC(=O)c2sc3nccc4c3c2NC(=O)N4c2ccc(Oc3ccccc3)c(Cl)c2)C1. The van der Waals surface area contributed by atoms with Gasteiger partial charge in [0.1, 0.15) is 21.2 Å².